The number of methoxy groups -OCH3 is 1. The second-order valence-electron chi connectivity index (χ2n) is 5.24. The van der Waals surface area contributed by atoms with E-state index in [1.54, 1.807) is 12.1 Å². The van der Waals surface area contributed by atoms with Crippen LogP contribution in [0.5, 0.6) is 0 Å². The molecule has 0 aromatic heterocycles. The molecular weight excluding hydrogens is 270 g/mol. The molecule has 0 saturated carbocycles. The summed E-state index contributed by atoms with van der Waals surface area (Å²) < 4.78 is 4.81. The van der Waals surface area contributed by atoms with Crippen molar-refractivity contribution in [2.75, 3.05) is 12.4 Å². The van der Waals surface area contributed by atoms with E-state index in [0.717, 1.165) is 5.56 Å². The van der Waals surface area contributed by atoms with Crippen molar-refractivity contribution >= 4 is 17.7 Å². The summed E-state index contributed by atoms with van der Waals surface area (Å²) in [6.45, 7) is 5.89. The number of benzene rings is 1. The van der Waals surface area contributed by atoms with Crippen LogP contribution in [0.3, 0.4) is 0 Å². The molecule has 0 aliphatic rings. The normalized spacial score (nSPS) is 13.6. The molecule has 4 N–H and O–H groups in total. The monoisotopic (exact) mass is 293 g/mol. The summed E-state index contributed by atoms with van der Waals surface area (Å²) in [6.07, 6.45) is 0. The third-order valence-corrected chi connectivity index (χ3v) is 3.23. The molecule has 6 nitrogen and oxygen atoms in total. The van der Waals surface area contributed by atoms with E-state index in [1.807, 2.05) is 32.9 Å². The molecule has 0 aliphatic carbocycles. The minimum Gasteiger partial charge on any atom is -0.468 e. The first kappa shape index (κ1) is 17.0. The third kappa shape index (κ3) is 5.07. The van der Waals surface area contributed by atoms with Gasteiger partial charge in [-0.25, -0.2) is 4.79 Å². The van der Waals surface area contributed by atoms with Crippen molar-refractivity contribution in [3.8, 4) is 0 Å². The Morgan fingerprint density at radius 2 is 1.71 bits per heavy atom. The van der Waals surface area contributed by atoms with E-state index in [1.165, 1.54) is 7.11 Å². The number of amides is 2. The lowest BCUT2D eigenvalue weighted by Crippen LogP contribution is -2.42. The summed E-state index contributed by atoms with van der Waals surface area (Å²) in [5.41, 5.74) is 6.69. The van der Waals surface area contributed by atoms with Gasteiger partial charge in [0, 0.05) is 11.7 Å². The maximum absolute atomic E-state index is 11.7. The van der Waals surface area contributed by atoms with Crippen LogP contribution in [-0.4, -0.2) is 25.2 Å². The van der Waals surface area contributed by atoms with Gasteiger partial charge in [-0.1, -0.05) is 26.0 Å². The van der Waals surface area contributed by atoms with Gasteiger partial charge in [0.25, 0.3) is 0 Å². The van der Waals surface area contributed by atoms with Crippen molar-refractivity contribution in [2.24, 2.45) is 11.7 Å². The summed E-state index contributed by atoms with van der Waals surface area (Å²) >= 11 is 0. The molecule has 0 saturated heterocycles. The Morgan fingerprint density at radius 1 is 1.14 bits per heavy atom. The highest BCUT2D eigenvalue weighted by molar-refractivity contribution is 5.87. The number of hydrogen-bond acceptors (Lipinski definition) is 4. The summed E-state index contributed by atoms with van der Waals surface area (Å²) in [6, 6.07) is 6.28. The molecule has 0 heterocycles. The number of hydrogen-bond donors (Lipinski definition) is 3. The maximum Gasteiger partial charge on any atom is 0.323 e. The average Bonchev–Trinajstić information content (AvgIpc) is 2.43. The molecule has 2 unspecified atom stereocenters. The van der Waals surface area contributed by atoms with E-state index < -0.39 is 6.03 Å². The van der Waals surface area contributed by atoms with Crippen LogP contribution in [0.4, 0.5) is 10.5 Å². The van der Waals surface area contributed by atoms with Gasteiger partial charge in [0.2, 0.25) is 0 Å². The van der Waals surface area contributed by atoms with Gasteiger partial charge in [0.15, 0.2) is 0 Å². The number of ether oxygens (including phenoxy) is 1. The van der Waals surface area contributed by atoms with Crippen molar-refractivity contribution in [1.29, 1.82) is 0 Å². The Labute approximate surface area is 125 Å². The van der Waals surface area contributed by atoms with Crippen LogP contribution in [0, 0.1) is 5.92 Å². The fourth-order valence-corrected chi connectivity index (χ4v) is 2.02. The van der Waals surface area contributed by atoms with Crippen LogP contribution >= 0.6 is 0 Å². The minimum absolute atomic E-state index is 0.0286. The first-order valence-electron chi connectivity index (χ1n) is 6.85. The average molecular weight is 293 g/mol. The molecule has 1 aromatic rings. The fraction of sp³-hybridized carbons (Fsp3) is 0.467. The lowest BCUT2D eigenvalue weighted by Gasteiger charge is -2.24. The Morgan fingerprint density at radius 3 is 2.14 bits per heavy atom. The van der Waals surface area contributed by atoms with Crippen molar-refractivity contribution in [2.45, 2.75) is 32.9 Å². The van der Waals surface area contributed by atoms with Crippen molar-refractivity contribution in [3.63, 3.8) is 0 Å². The van der Waals surface area contributed by atoms with E-state index in [2.05, 4.69) is 10.6 Å². The van der Waals surface area contributed by atoms with Crippen LogP contribution in [0.1, 0.15) is 32.4 Å². The Bertz CT molecular complexity index is 485. The topological polar surface area (TPSA) is 93.4 Å². The van der Waals surface area contributed by atoms with E-state index in [9.17, 15) is 9.59 Å². The Balaban J connectivity index is 2.75. The molecule has 116 valence electrons. The van der Waals surface area contributed by atoms with Crippen LogP contribution in [-0.2, 0) is 9.53 Å². The fourth-order valence-electron chi connectivity index (χ4n) is 2.02. The number of urea groups is 1. The van der Waals surface area contributed by atoms with Crippen molar-refractivity contribution in [3.05, 3.63) is 29.8 Å². The highest BCUT2D eigenvalue weighted by Gasteiger charge is 2.24. The minimum atomic E-state index is -0.598. The zero-order chi connectivity index (χ0) is 16.0. The number of anilines is 1. The smallest absolute Gasteiger partial charge is 0.323 e. The van der Waals surface area contributed by atoms with E-state index in [-0.39, 0.29) is 24.0 Å². The molecule has 21 heavy (non-hydrogen) atoms. The molecule has 6 heteroatoms. The molecule has 2 amide bonds. The summed E-state index contributed by atoms with van der Waals surface area (Å²) in [4.78, 5) is 22.5. The molecule has 0 fully saturated rings. The molecule has 0 radical (unpaired) electrons. The summed E-state index contributed by atoms with van der Waals surface area (Å²) in [5.74, 6) is -0.153. The number of nitrogens with two attached hydrogens (primary N) is 1. The van der Waals surface area contributed by atoms with Gasteiger partial charge in [-0.2, -0.15) is 0 Å². The molecular formula is C15H23N3O3. The van der Waals surface area contributed by atoms with Gasteiger partial charge in [0.05, 0.1) is 7.11 Å². The third-order valence-electron chi connectivity index (χ3n) is 3.23. The van der Waals surface area contributed by atoms with Crippen LogP contribution in [0.25, 0.3) is 0 Å². The lowest BCUT2D eigenvalue weighted by molar-refractivity contribution is -0.144. The summed E-state index contributed by atoms with van der Waals surface area (Å²) in [5, 5.41) is 5.76. The van der Waals surface area contributed by atoms with E-state index >= 15 is 0 Å². The number of esters is 1. The van der Waals surface area contributed by atoms with Gasteiger partial charge < -0.3 is 15.8 Å². The quantitative estimate of drug-likeness (QED) is 0.699. The molecule has 0 spiro atoms. The van der Waals surface area contributed by atoms with Gasteiger partial charge in [0.1, 0.15) is 6.04 Å². The second-order valence-corrected chi connectivity index (χ2v) is 5.24. The maximum atomic E-state index is 11.7. The van der Waals surface area contributed by atoms with Crippen molar-refractivity contribution in [1.82, 2.24) is 5.32 Å². The van der Waals surface area contributed by atoms with Crippen LogP contribution < -0.4 is 16.4 Å². The van der Waals surface area contributed by atoms with Gasteiger partial charge in [-0.15, -0.1) is 0 Å². The number of carbonyl (C=O) groups is 2. The van der Waals surface area contributed by atoms with Gasteiger partial charge in [-0.05, 0) is 30.5 Å². The first-order valence-corrected chi connectivity index (χ1v) is 6.85. The number of primary amides is 1. The highest BCUT2D eigenvalue weighted by atomic mass is 16.5. The number of rotatable bonds is 6. The largest absolute Gasteiger partial charge is 0.468 e. The zero-order valence-corrected chi connectivity index (χ0v) is 12.8. The Hall–Kier alpha value is -2.08. The molecule has 1 aromatic carbocycles. The summed E-state index contributed by atoms with van der Waals surface area (Å²) in [7, 11) is 1.38. The van der Waals surface area contributed by atoms with Crippen molar-refractivity contribution < 1.29 is 14.3 Å². The standard InChI is InChI=1S/C15H23N3O3/c1-9(2)13(14(19)21-4)17-10(3)11-5-7-12(8-6-11)18-15(16)20/h5-10,13,17H,1-4H3,(H3,16,18,20). The second kappa shape index (κ2) is 7.64. The van der Waals surface area contributed by atoms with E-state index in [4.69, 9.17) is 10.5 Å². The SMILES string of the molecule is COC(=O)C(NC(C)c1ccc(NC(N)=O)cc1)C(C)C. The zero-order valence-electron chi connectivity index (χ0n) is 12.8. The predicted molar refractivity (Wildman–Crippen MR) is 81.8 cm³/mol. The Kier molecular flexibility index (Phi) is 6.17. The number of carbonyl (C=O) groups excluding carboxylic acids is 2. The van der Waals surface area contributed by atoms with Gasteiger partial charge >= 0.3 is 12.0 Å². The van der Waals surface area contributed by atoms with E-state index in [0.29, 0.717) is 5.69 Å². The molecule has 2 atom stereocenters. The van der Waals surface area contributed by atoms with Crippen LogP contribution in [0.15, 0.2) is 24.3 Å². The number of nitrogens with one attached hydrogen (secondary N) is 2. The predicted octanol–water partition coefficient (Wildman–Crippen LogP) is 2.03. The highest BCUT2D eigenvalue weighted by Crippen LogP contribution is 2.18. The van der Waals surface area contributed by atoms with Crippen LogP contribution in [0.2, 0.25) is 0 Å². The van der Waals surface area contributed by atoms with Gasteiger partial charge in [-0.3, -0.25) is 10.1 Å². The lowest BCUT2D eigenvalue weighted by atomic mass is 10.0. The molecule has 0 aliphatic heterocycles. The molecule has 0 bridgehead atoms. The molecule has 1 rings (SSSR count). The first-order chi connectivity index (χ1) is 9.85.